The summed E-state index contributed by atoms with van der Waals surface area (Å²) in [5, 5.41) is 5.85. The average Bonchev–Trinajstić information content (AvgIpc) is 3.85. The van der Waals surface area contributed by atoms with Crippen LogP contribution in [0.3, 0.4) is 0 Å². The molecule has 0 unspecified atom stereocenters. The predicted octanol–water partition coefficient (Wildman–Crippen LogP) is 11.9. The Balaban J connectivity index is 1.08. The van der Waals surface area contributed by atoms with Gasteiger partial charge in [0.1, 0.15) is 23.1 Å². The molecule has 0 aliphatic heterocycles. The third-order valence-corrected chi connectivity index (χ3v) is 10.2. The van der Waals surface area contributed by atoms with Gasteiger partial charge in [-0.05, 0) is 71.8 Å². The first kappa shape index (κ1) is 27.9. The van der Waals surface area contributed by atoms with Crippen molar-refractivity contribution in [2.24, 2.45) is 0 Å². The fourth-order valence-electron chi connectivity index (χ4n) is 7.94. The summed E-state index contributed by atoms with van der Waals surface area (Å²) in [6, 6.07) is 58.0. The number of hydrogen-bond acceptors (Lipinski definition) is 3. The SMILES string of the molecule is c1ccc(-n2c3ccccc3c3ccc(-c4ccc5oc6c(-c7ccc8c9ccccc9n(-c9ccccc9)c8c7)ncnc6c5c4)cc32)cc1. The van der Waals surface area contributed by atoms with E-state index in [-0.39, 0.29) is 0 Å². The van der Waals surface area contributed by atoms with E-state index >= 15 is 0 Å². The van der Waals surface area contributed by atoms with E-state index in [0.29, 0.717) is 5.58 Å². The highest BCUT2D eigenvalue weighted by molar-refractivity contribution is 6.13. The van der Waals surface area contributed by atoms with Gasteiger partial charge in [-0.3, -0.25) is 0 Å². The van der Waals surface area contributed by atoms with Gasteiger partial charge in [0.05, 0.1) is 22.1 Å². The highest BCUT2D eigenvalue weighted by atomic mass is 16.3. The monoisotopic (exact) mass is 652 g/mol. The number of fused-ring (bicyclic) bond motifs is 9. The van der Waals surface area contributed by atoms with Crippen LogP contribution in [-0.4, -0.2) is 19.1 Å². The summed E-state index contributed by atoms with van der Waals surface area (Å²) in [5.41, 5.74) is 13.2. The first-order chi connectivity index (χ1) is 25.3. The van der Waals surface area contributed by atoms with Gasteiger partial charge in [0.2, 0.25) is 0 Å². The van der Waals surface area contributed by atoms with Gasteiger partial charge in [0.15, 0.2) is 5.58 Å². The van der Waals surface area contributed by atoms with Gasteiger partial charge in [-0.2, -0.15) is 0 Å². The topological polar surface area (TPSA) is 48.8 Å². The Morgan fingerprint density at radius 2 is 0.902 bits per heavy atom. The second-order valence-electron chi connectivity index (χ2n) is 13.1. The molecule has 0 N–H and O–H groups in total. The van der Waals surface area contributed by atoms with E-state index in [0.717, 1.165) is 55.8 Å². The Kier molecular flexibility index (Phi) is 5.89. The molecule has 0 radical (unpaired) electrons. The molecule has 0 saturated carbocycles. The normalized spacial score (nSPS) is 11.9. The number of nitrogens with zero attached hydrogens (tertiary/aromatic N) is 4. The van der Waals surface area contributed by atoms with Crippen LogP contribution in [0.2, 0.25) is 0 Å². The lowest BCUT2D eigenvalue weighted by atomic mass is 10.0. The molecular weight excluding hydrogens is 625 g/mol. The molecule has 11 aromatic rings. The van der Waals surface area contributed by atoms with Crippen molar-refractivity contribution >= 4 is 65.7 Å². The summed E-state index contributed by atoms with van der Waals surface area (Å²) in [6.07, 6.45) is 1.65. The van der Waals surface area contributed by atoms with Gasteiger partial charge in [0, 0.05) is 43.9 Å². The zero-order chi connectivity index (χ0) is 33.5. The Labute approximate surface area is 292 Å². The Hall–Kier alpha value is -6.98. The van der Waals surface area contributed by atoms with Gasteiger partial charge in [-0.25, -0.2) is 9.97 Å². The summed E-state index contributed by atoms with van der Waals surface area (Å²) in [7, 11) is 0. The molecule has 0 amide bonds. The molecule has 4 aromatic heterocycles. The van der Waals surface area contributed by atoms with Crippen molar-refractivity contribution in [3.8, 4) is 33.8 Å². The number of rotatable bonds is 4. The van der Waals surface area contributed by atoms with Crippen LogP contribution in [-0.2, 0) is 0 Å². The Morgan fingerprint density at radius 1 is 0.392 bits per heavy atom. The maximum Gasteiger partial charge on any atom is 0.180 e. The Morgan fingerprint density at radius 3 is 1.55 bits per heavy atom. The van der Waals surface area contributed by atoms with Gasteiger partial charge in [-0.1, -0.05) is 103 Å². The number of para-hydroxylation sites is 4. The van der Waals surface area contributed by atoms with Gasteiger partial charge in [0.25, 0.3) is 0 Å². The minimum Gasteiger partial charge on any atom is -0.452 e. The minimum atomic E-state index is 0.686. The molecule has 0 spiro atoms. The third-order valence-electron chi connectivity index (χ3n) is 10.2. The maximum absolute atomic E-state index is 6.57. The molecule has 0 atom stereocenters. The number of benzene rings is 7. The molecule has 0 aliphatic rings. The highest BCUT2D eigenvalue weighted by Crippen LogP contribution is 2.40. The number of hydrogen-bond donors (Lipinski definition) is 0. The summed E-state index contributed by atoms with van der Waals surface area (Å²) in [4.78, 5) is 9.56. The number of aromatic nitrogens is 4. The molecule has 238 valence electrons. The Bertz CT molecular complexity index is 3130. The lowest BCUT2D eigenvalue weighted by molar-refractivity contribution is 0.667. The predicted molar refractivity (Wildman–Crippen MR) is 209 cm³/mol. The molecule has 0 saturated heterocycles. The lowest BCUT2D eigenvalue weighted by Crippen LogP contribution is -1.93. The van der Waals surface area contributed by atoms with Crippen LogP contribution in [0.25, 0.3) is 99.4 Å². The largest absolute Gasteiger partial charge is 0.452 e. The summed E-state index contributed by atoms with van der Waals surface area (Å²) < 4.78 is 11.2. The molecule has 0 aliphatic carbocycles. The van der Waals surface area contributed by atoms with E-state index in [1.54, 1.807) is 6.33 Å². The minimum absolute atomic E-state index is 0.686. The van der Waals surface area contributed by atoms with E-state index in [1.807, 2.05) is 0 Å². The van der Waals surface area contributed by atoms with Crippen molar-refractivity contribution < 1.29 is 4.42 Å². The van der Waals surface area contributed by atoms with Crippen LogP contribution in [0.5, 0.6) is 0 Å². The zero-order valence-corrected chi connectivity index (χ0v) is 27.4. The number of furan rings is 1. The first-order valence-corrected chi connectivity index (χ1v) is 17.2. The van der Waals surface area contributed by atoms with Gasteiger partial charge >= 0.3 is 0 Å². The van der Waals surface area contributed by atoms with E-state index < -0.39 is 0 Å². The van der Waals surface area contributed by atoms with Crippen LogP contribution in [0.1, 0.15) is 0 Å². The summed E-state index contributed by atoms with van der Waals surface area (Å²) >= 11 is 0. The second-order valence-corrected chi connectivity index (χ2v) is 13.1. The van der Waals surface area contributed by atoms with Crippen molar-refractivity contribution in [3.63, 3.8) is 0 Å². The standard InChI is InChI=1S/C46H28N4O/c1-3-11-32(12-4-1)49-39-17-9-7-15-34(39)36-22-19-30(26-41(36)49)29-21-24-43-38(25-29)45-46(51-43)44(47-28-48-45)31-20-23-37-35-16-8-10-18-40(35)50(42(37)27-31)33-13-5-2-6-14-33/h1-28H. The molecule has 5 heteroatoms. The van der Waals surface area contributed by atoms with Gasteiger partial charge in [-0.15, -0.1) is 0 Å². The average molecular weight is 653 g/mol. The van der Waals surface area contributed by atoms with Crippen LogP contribution >= 0.6 is 0 Å². The lowest BCUT2D eigenvalue weighted by Gasteiger charge is -2.09. The van der Waals surface area contributed by atoms with Crippen LogP contribution in [0, 0.1) is 0 Å². The third kappa shape index (κ3) is 4.15. The molecule has 0 fully saturated rings. The van der Waals surface area contributed by atoms with Crippen molar-refractivity contribution in [2.75, 3.05) is 0 Å². The van der Waals surface area contributed by atoms with Crippen molar-refractivity contribution in [1.29, 1.82) is 0 Å². The van der Waals surface area contributed by atoms with Crippen molar-refractivity contribution in [3.05, 3.63) is 170 Å². The second kappa shape index (κ2) is 10.8. The summed E-state index contributed by atoms with van der Waals surface area (Å²) in [5.74, 6) is 0. The molecule has 11 rings (SSSR count). The zero-order valence-electron chi connectivity index (χ0n) is 27.4. The first-order valence-electron chi connectivity index (χ1n) is 17.2. The molecule has 4 heterocycles. The van der Waals surface area contributed by atoms with Crippen LogP contribution in [0.15, 0.2) is 175 Å². The fourth-order valence-corrected chi connectivity index (χ4v) is 7.94. The van der Waals surface area contributed by atoms with E-state index in [4.69, 9.17) is 14.4 Å². The van der Waals surface area contributed by atoms with Crippen LogP contribution in [0.4, 0.5) is 0 Å². The summed E-state index contributed by atoms with van der Waals surface area (Å²) in [6.45, 7) is 0. The molecule has 51 heavy (non-hydrogen) atoms. The van der Waals surface area contributed by atoms with Crippen molar-refractivity contribution in [1.82, 2.24) is 19.1 Å². The smallest absolute Gasteiger partial charge is 0.180 e. The molecular formula is C46H28N4O. The van der Waals surface area contributed by atoms with E-state index in [9.17, 15) is 0 Å². The maximum atomic E-state index is 6.57. The van der Waals surface area contributed by atoms with E-state index in [2.05, 4.69) is 173 Å². The highest BCUT2D eigenvalue weighted by Gasteiger charge is 2.19. The molecule has 5 nitrogen and oxygen atoms in total. The van der Waals surface area contributed by atoms with Gasteiger partial charge < -0.3 is 13.6 Å². The molecule has 7 aromatic carbocycles. The van der Waals surface area contributed by atoms with E-state index in [1.165, 1.54) is 38.1 Å². The molecule has 0 bridgehead atoms. The van der Waals surface area contributed by atoms with Crippen molar-refractivity contribution in [2.45, 2.75) is 0 Å². The fraction of sp³-hybridized carbons (Fsp3) is 0. The quantitative estimate of drug-likeness (QED) is 0.190. The van der Waals surface area contributed by atoms with Crippen LogP contribution < -0.4 is 0 Å².